The van der Waals surface area contributed by atoms with Gasteiger partial charge in [-0.25, -0.2) is 4.39 Å². The number of hydrogen-bond acceptors (Lipinski definition) is 1. The number of carbonyl (C=O) groups is 1. The van der Waals surface area contributed by atoms with Crippen molar-refractivity contribution in [2.45, 2.75) is 39.0 Å². The lowest BCUT2D eigenvalue weighted by atomic mass is 9.88. The molecule has 0 aliphatic heterocycles. The Kier molecular flexibility index (Phi) is 4.05. The molecule has 1 N–H and O–H groups in total. The van der Waals surface area contributed by atoms with Crippen LogP contribution in [0.4, 0.5) is 4.39 Å². The second-order valence-electron chi connectivity index (χ2n) is 4.43. The van der Waals surface area contributed by atoms with Crippen molar-refractivity contribution < 1.29 is 14.3 Å². The minimum absolute atomic E-state index is 0.0309. The van der Waals surface area contributed by atoms with Crippen molar-refractivity contribution in [2.24, 2.45) is 0 Å². The van der Waals surface area contributed by atoms with Crippen LogP contribution in [-0.2, 0) is 4.79 Å². The lowest BCUT2D eigenvalue weighted by Gasteiger charge is -2.17. The highest BCUT2D eigenvalue weighted by Gasteiger charge is 2.16. The van der Waals surface area contributed by atoms with Gasteiger partial charge in [-0.2, -0.15) is 0 Å². The van der Waals surface area contributed by atoms with E-state index in [0.717, 1.165) is 11.1 Å². The van der Waals surface area contributed by atoms with Gasteiger partial charge in [-0.05, 0) is 35.1 Å². The molecule has 1 rings (SSSR count). The monoisotopic (exact) mass is 224 g/mol. The number of rotatable bonds is 4. The Labute approximate surface area is 95.1 Å². The van der Waals surface area contributed by atoms with Crippen molar-refractivity contribution in [2.75, 3.05) is 0 Å². The number of benzene rings is 1. The molecular formula is C13H17FO2. The predicted molar refractivity (Wildman–Crippen MR) is 61.2 cm³/mol. The molecule has 0 aromatic heterocycles. The van der Waals surface area contributed by atoms with Gasteiger partial charge in [0.15, 0.2) is 0 Å². The molecule has 3 heteroatoms. The highest BCUT2D eigenvalue weighted by Crippen LogP contribution is 2.28. The molecule has 2 nitrogen and oxygen atoms in total. The number of halogens is 1. The Balaban J connectivity index is 3.08. The van der Waals surface area contributed by atoms with Crippen molar-refractivity contribution >= 4 is 5.97 Å². The molecule has 0 aliphatic rings. The number of hydrogen-bond donors (Lipinski definition) is 1. The van der Waals surface area contributed by atoms with Gasteiger partial charge in [-0.3, -0.25) is 4.79 Å². The van der Waals surface area contributed by atoms with Gasteiger partial charge in [0, 0.05) is 0 Å². The quantitative estimate of drug-likeness (QED) is 0.849. The average molecular weight is 224 g/mol. The molecule has 88 valence electrons. The van der Waals surface area contributed by atoms with Crippen LogP contribution in [0.2, 0.25) is 0 Å². The fraction of sp³-hybridized carbons (Fsp3) is 0.462. The van der Waals surface area contributed by atoms with Crippen LogP contribution in [0.3, 0.4) is 0 Å². The summed E-state index contributed by atoms with van der Waals surface area (Å²) < 4.78 is 13.2. The molecule has 0 amide bonds. The van der Waals surface area contributed by atoms with E-state index in [1.807, 2.05) is 20.8 Å². The first-order valence-corrected chi connectivity index (χ1v) is 5.43. The lowest BCUT2D eigenvalue weighted by molar-refractivity contribution is -0.137. The van der Waals surface area contributed by atoms with Crippen LogP contribution in [0.1, 0.15) is 50.2 Å². The Hall–Kier alpha value is -1.38. The van der Waals surface area contributed by atoms with Crippen LogP contribution in [0, 0.1) is 5.82 Å². The number of carboxylic acid groups (broad SMARTS) is 1. The van der Waals surface area contributed by atoms with Gasteiger partial charge in [-0.1, -0.05) is 26.8 Å². The van der Waals surface area contributed by atoms with E-state index in [1.54, 1.807) is 6.07 Å². The minimum atomic E-state index is -0.855. The van der Waals surface area contributed by atoms with Crippen LogP contribution in [0.15, 0.2) is 18.2 Å². The highest BCUT2D eigenvalue weighted by molar-refractivity contribution is 5.68. The zero-order chi connectivity index (χ0) is 12.3. The summed E-state index contributed by atoms with van der Waals surface area (Å²) in [5.74, 6) is -1.06. The molecule has 0 bridgehead atoms. The molecule has 0 radical (unpaired) electrons. The third-order valence-corrected chi connectivity index (χ3v) is 2.68. The Morgan fingerprint density at radius 2 is 1.94 bits per heavy atom. The maximum atomic E-state index is 13.2. The zero-order valence-electron chi connectivity index (χ0n) is 9.83. The Morgan fingerprint density at radius 1 is 1.31 bits per heavy atom. The largest absolute Gasteiger partial charge is 0.481 e. The van der Waals surface area contributed by atoms with Gasteiger partial charge in [-0.15, -0.1) is 0 Å². The fourth-order valence-electron chi connectivity index (χ4n) is 1.87. The SMILES string of the molecule is CC(C)c1ccc(F)cc1C(C)CC(=O)O. The normalized spacial score (nSPS) is 12.8. The van der Waals surface area contributed by atoms with Crippen LogP contribution >= 0.6 is 0 Å². The van der Waals surface area contributed by atoms with E-state index in [2.05, 4.69) is 0 Å². The topological polar surface area (TPSA) is 37.3 Å². The third-order valence-electron chi connectivity index (χ3n) is 2.68. The lowest BCUT2D eigenvalue weighted by Crippen LogP contribution is -2.07. The molecule has 0 fully saturated rings. The molecule has 1 atom stereocenters. The van der Waals surface area contributed by atoms with Crippen LogP contribution in [-0.4, -0.2) is 11.1 Å². The van der Waals surface area contributed by atoms with Crippen molar-refractivity contribution in [3.05, 3.63) is 35.1 Å². The molecule has 1 aromatic carbocycles. The molecule has 0 aliphatic carbocycles. The molecule has 1 aromatic rings. The molecule has 0 spiro atoms. The van der Waals surface area contributed by atoms with Crippen molar-refractivity contribution in [1.29, 1.82) is 0 Å². The van der Waals surface area contributed by atoms with Crippen LogP contribution < -0.4 is 0 Å². The fourth-order valence-corrected chi connectivity index (χ4v) is 1.87. The summed E-state index contributed by atoms with van der Waals surface area (Å²) in [5.41, 5.74) is 1.83. The zero-order valence-corrected chi connectivity index (χ0v) is 9.83. The van der Waals surface area contributed by atoms with Gasteiger partial charge in [0.25, 0.3) is 0 Å². The van der Waals surface area contributed by atoms with E-state index in [-0.39, 0.29) is 24.1 Å². The van der Waals surface area contributed by atoms with E-state index in [1.165, 1.54) is 12.1 Å². The summed E-state index contributed by atoms with van der Waals surface area (Å²) in [6.07, 6.45) is 0.0309. The summed E-state index contributed by atoms with van der Waals surface area (Å²) in [6, 6.07) is 4.61. The van der Waals surface area contributed by atoms with Gasteiger partial charge in [0.05, 0.1) is 6.42 Å². The van der Waals surface area contributed by atoms with Gasteiger partial charge in [0.2, 0.25) is 0 Å². The molecule has 0 heterocycles. The highest BCUT2D eigenvalue weighted by atomic mass is 19.1. The van der Waals surface area contributed by atoms with Gasteiger partial charge in [0.1, 0.15) is 5.82 Å². The van der Waals surface area contributed by atoms with E-state index < -0.39 is 5.97 Å². The standard InChI is InChI=1S/C13H17FO2/c1-8(2)11-5-4-10(14)7-12(11)9(3)6-13(15)16/h4-5,7-9H,6H2,1-3H3,(H,15,16). The Morgan fingerprint density at radius 3 is 2.44 bits per heavy atom. The second kappa shape index (κ2) is 5.10. The average Bonchev–Trinajstić information content (AvgIpc) is 2.15. The van der Waals surface area contributed by atoms with E-state index in [9.17, 15) is 9.18 Å². The smallest absolute Gasteiger partial charge is 0.303 e. The third kappa shape index (κ3) is 3.05. The predicted octanol–water partition coefficient (Wildman–Crippen LogP) is 3.53. The first kappa shape index (κ1) is 12.7. The minimum Gasteiger partial charge on any atom is -0.481 e. The van der Waals surface area contributed by atoms with Crippen molar-refractivity contribution in [3.63, 3.8) is 0 Å². The van der Waals surface area contributed by atoms with E-state index >= 15 is 0 Å². The maximum absolute atomic E-state index is 13.2. The summed E-state index contributed by atoms with van der Waals surface area (Å²) in [7, 11) is 0. The van der Waals surface area contributed by atoms with Crippen LogP contribution in [0.25, 0.3) is 0 Å². The first-order valence-electron chi connectivity index (χ1n) is 5.43. The van der Waals surface area contributed by atoms with Gasteiger partial charge >= 0.3 is 5.97 Å². The molecule has 0 saturated heterocycles. The maximum Gasteiger partial charge on any atom is 0.303 e. The molecule has 0 saturated carbocycles. The van der Waals surface area contributed by atoms with E-state index in [0.29, 0.717) is 0 Å². The summed E-state index contributed by atoms with van der Waals surface area (Å²) in [6.45, 7) is 5.85. The van der Waals surface area contributed by atoms with Gasteiger partial charge < -0.3 is 5.11 Å². The second-order valence-corrected chi connectivity index (χ2v) is 4.43. The summed E-state index contributed by atoms with van der Waals surface area (Å²) in [5, 5.41) is 8.75. The molecular weight excluding hydrogens is 207 g/mol. The summed E-state index contributed by atoms with van der Waals surface area (Å²) >= 11 is 0. The summed E-state index contributed by atoms with van der Waals surface area (Å²) in [4.78, 5) is 10.7. The molecule has 16 heavy (non-hydrogen) atoms. The van der Waals surface area contributed by atoms with Crippen LogP contribution in [0.5, 0.6) is 0 Å². The van der Waals surface area contributed by atoms with E-state index in [4.69, 9.17) is 5.11 Å². The number of aliphatic carboxylic acids is 1. The number of carboxylic acids is 1. The molecule has 1 unspecified atom stereocenters. The first-order chi connectivity index (χ1) is 7.41. The van der Waals surface area contributed by atoms with Crippen molar-refractivity contribution in [1.82, 2.24) is 0 Å². The Bertz CT molecular complexity index is 386. The van der Waals surface area contributed by atoms with Crippen molar-refractivity contribution in [3.8, 4) is 0 Å².